The first-order valence-corrected chi connectivity index (χ1v) is 18.7. The first kappa shape index (κ1) is 62.7. The molecular weight excluding hydrogens is 844 g/mol. The fourth-order valence-electron chi connectivity index (χ4n) is 3.16. The molecule has 21 heteroatoms. The van der Waals surface area contributed by atoms with Gasteiger partial charge in [0.25, 0.3) is 0 Å². The molecule has 0 spiro atoms. The van der Waals surface area contributed by atoms with Crippen molar-refractivity contribution in [3.05, 3.63) is 0 Å². The Morgan fingerprint density at radius 2 is 0.509 bits per heavy atom. The van der Waals surface area contributed by atoms with Gasteiger partial charge in [0.2, 0.25) is 0 Å². The minimum Gasteiger partial charge on any atom is -0.549 e. The average Bonchev–Trinajstić information content (AvgIpc) is 3.13. The van der Waals surface area contributed by atoms with Crippen molar-refractivity contribution in [2.75, 3.05) is 26.4 Å². The van der Waals surface area contributed by atoms with Crippen LogP contribution in [0.15, 0.2) is 0 Å². The average molecular weight is 904 g/mol. The van der Waals surface area contributed by atoms with Crippen LogP contribution in [0.3, 0.4) is 0 Å². The molecule has 0 rings (SSSR count). The molecule has 57 heavy (non-hydrogen) atoms. The Morgan fingerprint density at radius 3 is 0.614 bits per heavy atom. The zero-order chi connectivity index (χ0) is 43.9. The van der Waals surface area contributed by atoms with E-state index in [4.69, 9.17) is 0 Å². The molecule has 20 nitrogen and oxygen atoms in total. The summed E-state index contributed by atoms with van der Waals surface area (Å²) in [6.07, 6.45) is 7.23. The maximum absolute atomic E-state index is 11.0. The second-order valence-electron chi connectivity index (χ2n) is 11.4. The van der Waals surface area contributed by atoms with E-state index in [0.29, 0.717) is 0 Å². The molecular formula is C36H60O20Zr. The van der Waals surface area contributed by atoms with E-state index in [1.807, 2.05) is 27.7 Å². The van der Waals surface area contributed by atoms with Crippen LogP contribution in [0.4, 0.5) is 0 Å². The molecule has 0 aromatic carbocycles. The van der Waals surface area contributed by atoms with Gasteiger partial charge in [-0.25, -0.2) is 19.2 Å². The minimum absolute atomic E-state index is 0. The van der Waals surface area contributed by atoms with E-state index in [9.17, 15) is 58.8 Å². The Morgan fingerprint density at radius 1 is 0.351 bits per heavy atom. The summed E-state index contributed by atoms with van der Waals surface area (Å²) in [5.41, 5.74) is 0. The number of unbranched alkanes of at least 4 members (excludes halogenated alkanes) is 4. The molecule has 0 radical (unpaired) electrons. The van der Waals surface area contributed by atoms with Crippen LogP contribution in [0.5, 0.6) is 0 Å². The monoisotopic (exact) mass is 902 g/mol. The zero-order valence-electron chi connectivity index (χ0n) is 34.3. The number of carbonyl (C=O) groups excluding carboxylic acids is 8. The van der Waals surface area contributed by atoms with Crippen molar-refractivity contribution >= 4 is 47.8 Å². The van der Waals surface area contributed by atoms with Crippen molar-refractivity contribution in [1.29, 1.82) is 0 Å². The van der Waals surface area contributed by atoms with Crippen molar-refractivity contribution in [3.8, 4) is 0 Å². The van der Waals surface area contributed by atoms with Crippen LogP contribution in [0.1, 0.15) is 132 Å². The maximum atomic E-state index is 11.0. The van der Waals surface area contributed by atoms with Crippen LogP contribution in [0, 0.1) is 23.7 Å². The van der Waals surface area contributed by atoms with Gasteiger partial charge in [-0.05, 0) is 51.4 Å². The summed E-state index contributed by atoms with van der Waals surface area (Å²) in [5.74, 6) is -14.3. The number of carboxylic acids is 4. The molecule has 4 atom stereocenters. The first-order chi connectivity index (χ1) is 26.5. The number of hydrogen-bond donors (Lipinski definition) is 0. The number of carbonyl (C=O) groups is 8. The van der Waals surface area contributed by atoms with Crippen LogP contribution in [-0.4, -0.2) is 74.2 Å². The Hall–Kier alpha value is -3.52. The third-order valence-corrected chi connectivity index (χ3v) is 6.80. The summed E-state index contributed by atoms with van der Waals surface area (Å²) in [5, 5.41) is 41.6. The second-order valence-corrected chi connectivity index (χ2v) is 11.4. The third kappa shape index (κ3) is 36.6. The topological polar surface area (TPSA) is 303 Å². The molecule has 328 valence electrons. The number of rotatable bonds is 28. The summed E-state index contributed by atoms with van der Waals surface area (Å²) >= 11 is 0. The Labute approximate surface area is 353 Å². The van der Waals surface area contributed by atoms with Crippen molar-refractivity contribution < 1.29 is 124 Å². The van der Waals surface area contributed by atoms with Gasteiger partial charge < -0.3 is 39.6 Å². The van der Waals surface area contributed by atoms with E-state index in [0.717, 1.165) is 51.4 Å². The van der Waals surface area contributed by atoms with Gasteiger partial charge in [-0.1, -0.05) is 81.1 Å². The molecule has 0 amide bonds. The molecule has 0 heterocycles. The van der Waals surface area contributed by atoms with E-state index < -0.39 is 71.4 Å². The van der Waals surface area contributed by atoms with Crippen LogP contribution >= 0.6 is 0 Å². The number of carboxylic acid groups (broad SMARTS) is 4. The second kappa shape index (κ2) is 43.6. The first-order valence-electron chi connectivity index (χ1n) is 18.7. The van der Waals surface area contributed by atoms with E-state index in [-0.39, 0.29) is 78.3 Å². The van der Waals surface area contributed by atoms with E-state index in [1.54, 1.807) is 27.7 Å². The third-order valence-electron chi connectivity index (χ3n) is 6.80. The summed E-state index contributed by atoms with van der Waals surface area (Å²) in [4.78, 5) is 121. The van der Waals surface area contributed by atoms with Gasteiger partial charge in [-0.15, -0.1) is 0 Å². The predicted molar refractivity (Wildman–Crippen MR) is 183 cm³/mol. The van der Waals surface area contributed by atoms with Gasteiger partial charge in [-0.2, -0.15) is 19.6 Å². The minimum atomic E-state index is -1.43. The smallest absolute Gasteiger partial charge is 0.549 e. The summed E-state index contributed by atoms with van der Waals surface area (Å²) in [7, 11) is 0. The number of aliphatic carboxylic acids is 4. The Kier molecular flexibility index (Phi) is 47.9. The SMILES string of the molecule is CCCCOOC(=O)C(CC)C(=O)[O-].CCCCOOC(=O)C(CC)C(=O)[O-].CCCCOOC(=O)C(CC)C(=O)[O-].CCCCOOC(=O)C(CC)C(=O)[O-].[Zr+4]. The Bertz CT molecular complexity index is 934. The van der Waals surface area contributed by atoms with Crippen molar-refractivity contribution in [1.82, 2.24) is 0 Å². The Balaban J connectivity index is -0.000000210. The van der Waals surface area contributed by atoms with E-state index in [2.05, 4.69) is 39.1 Å². The molecule has 0 bridgehead atoms. The summed E-state index contributed by atoms with van der Waals surface area (Å²) in [6, 6.07) is 0. The van der Waals surface area contributed by atoms with Gasteiger partial charge >= 0.3 is 50.1 Å². The molecule has 0 saturated carbocycles. The van der Waals surface area contributed by atoms with Crippen LogP contribution in [-0.2, 0) is 104 Å². The summed E-state index contributed by atoms with van der Waals surface area (Å²) in [6.45, 7) is 15.2. The number of hydrogen-bond acceptors (Lipinski definition) is 20. The maximum Gasteiger partial charge on any atom is 4.00 e. The van der Waals surface area contributed by atoms with Crippen LogP contribution in [0.2, 0.25) is 0 Å². The quantitative estimate of drug-likeness (QED) is 0.0437. The molecule has 0 aromatic heterocycles. The van der Waals surface area contributed by atoms with E-state index in [1.165, 1.54) is 0 Å². The van der Waals surface area contributed by atoms with Crippen molar-refractivity contribution in [2.45, 2.75) is 132 Å². The van der Waals surface area contributed by atoms with Gasteiger partial charge in [0.15, 0.2) is 0 Å². The van der Waals surface area contributed by atoms with Gasteiger partial charge in [0, 0.05) is 0 Å². The molecule has 0 aliphatic carbocycles. The van der Waals surface area contributed by atoms with Crippen molar-refractivity contribution in [2.24, 2.45) is 23.7 Å². The standard InChI is InChI=1S/4C9H16O5.Zr/c4*1-3-5-6-13-14-9(12)7(4-2)8(10)11;/h4*7H,3-6H2,1-2H3,(H,10,11);/q;;;;+4/p-4. The van der Waals surface area contributed by atoms with Gasteiger partial charge in [-0.3, -0.25) is 19.6 Å². The normalized spacial score (nSPS) is 11.9. The molecule has 0 N–H and O–H groups in total. The molecule has 0 saturated heterocycles. The van der Waals surface area contributed by atoms with Crippen LogP contribution in [0.25, 0.3) is 0 Å². The largest absolute Gasteiger partial charge is 4.00 e. The zero-order valence-corrected chi connectivity index (χ0v) is 36.7. The van der Waals surface area contributed by atoms with Crippen LogP contribution < -0.4 is 20.4 Å². The fourth-order valence-corrected chi connectivity index (χ4v) is 3.16. The van der Waals surface area contributed by atoms with E-state index >= 15 is 0 Å². The molecule has 0 fully saturated rings. The molecule has 0 aromatic rings. The fraction of sp³-hybridized carbons (Fsp3) is 0.778. The molecule has 4 unspecified atom stereocenters. The molecule has 0 aliphatic heterocycles. The molecule has 0 aliphatic rings. The predicted octanol–water partition coefficient (Wildman–Crippen LogP) is 0.147. The van der Waals surface area contributed by atoms with Gasteiger partial charge in [0.05, 0.1) is 74.0 Å². The van der Waals surface area contributed by atoms with Crippen molar-refractivity contribution in [3.63, 3.8) is 0 Å². The summed E-state index contributed by atoms with van der Waals surface area (Å²) < 4.78 is 0. The van der Waals surface area contributed by atoms with Gasteiger partial charge in [0.1, 0.15) is 0 Å².